The van der Waals surface area contributed by atoms with Gasteiger partial charge in [-0.05, 0) is 43.4 Å². The van der Waals surface area contributed by atoms with Crippen LogP contribution in [0.3, 0.4) is 0 Å². The van der Waals surface area contributed by atoms with Gasteiger partial charge in [0.05, 0.1) is 11.7 Å². The highest BCUT2D eigenvalue weighted by molar-refractivity contribution is 7.99. The fourth-order valence-electron chi connectivity index (χ4n) is 2.42. The standard InChI is InChI=1S/C12H21N3S/c1-3-13-12(10-6-8-16-9-10)11-5-7-14-15(11)4-2/h5,7,10,12-13H,3-4,6,8-9H2,1-2H3. The Labute approximate surface area is 102 Å². The Bertz CT molecular complexity index is 318. The van der Waals surface area contributed by atoms with E-state index >= 15 is 0 Å². The average molecular weight is 239 g/mol. The smallest absolute Gasteiger partial charge is 0.0556 e. The molecule has 1 aliphatic rings. The van der Waals surface area contributed by atoms with Gasteiger partial charge in [-0.15, -0.1) is 0 Å². The molecule has 1 fully saturated rings. The molecule has 2 unspecified atom stereocenters. The molecule has 0 aliphatic carbocycles. The number of aryl methyl sites for hydroxylation is 1. The first-order valence-electron chi connectivity index (χ1n) is 6.19. The maximum absolute atomic E-state index is 4.38. The predicted molar refractivity (Wildman–Crippen MR) is 69.8 cm³/mol. The van der Waals surface area contributed by atoms with Crippen LogP contribution in [0.2, 0.25) is 0 Å². The Balaban J connectivity index is 2.17. The third kappa shape index (κ3) is 2.43. The van der Waals surface area contributed by atoms with Crippen LogP contribution in [0.5, 0.6) is 0 Å². The fourth-order valence-corrected chi connectivity index (χ4v) is 3.72. The van der Waals surface area contributed by atoms with Crippen LogP contribution in [-0.2, 0) is 6.54 Å². The minimum absolute atomic E-state index is 0.488. The van der Waals surface area contributed by atoms with Gasteiger partial charge in [0.2, 0.25) is 0 Å². The quantitative estimate of drug-likeness (QED) is 0.855. The minimum Gasteiger partial charge on any atom is -0.309 e. The summed E-state index contributed by atoms with van der Waals surface area (Å²) in [5.41, 5.74) is 1.36. The summed E-state index contributed by atoms with van der Waals surface area (Å²) in [6.07, 6.45) is 3.25. The zero-order valence-electron chi connectivity index (χ0n) is 10.1. The molecule has 2 rings (SSSR count). The summed E-state index contributed by atoms with van der Waals surface area (Å²) < 4.78 is 2.12. The van der Waals surface area contributed by atoms with Gasteiger partial charge in [-0.1, -0.05) is 6.92 Å². The van der Waals surface area contributed by atoms with Crippen molar-refractivity contribution in [3.05, 3.63) is 18.0 Å². The summed E-state index contributed by atoms with van der Waals surface area (Å²) in [5, 5.41) is 8.01. The lowest BCUT2D eigenvalue weighted by molar-refractivity contribution is 0.375. The van der Waals surface area contributed by atoms with E-state index < -0.39 is 0 Å². The second-order valence-electron chi connectivity index (χ2n) is 4.23. The van der Waals surface area contributed by atoms with Crippen molar-refractivity contribution in [3.8, 4) is 0 Å². The molecule has 0 bridgehead atoms. The summed E-state index contributed by atoms with van der Waals surface area (Å²) in [6, 6.07) is 2.65. The molecule has 1 aromatic heterocycles. The molecule has 1 saturated heterocycles. The van der Waals surface area contributed by atoms with E-state index in [4.69, 9.17) is 0 Å². The molecular weight excluding hydrogens is 218 g/mol. The maximum Gasteiger partial charge on any atom is 0.0556 e. The van der Waals surface area contributed by atoms with Crippen molar-refractivity contribution in [1.82, 2.24) is 15.1 Å². The van der Waals surface area contributed by atoms with Crippen LogP contribution in [0.15, 0.2) is 12.3 Å². The van der Waals surface area contributed by atoms with E-state index in [2.05, 4.69) is 46.8 Å². The highest BCUT2D eigenvalue weighted by Gasteiger charge is 2.28. The SMILES string of the molecule is CCNC(c1ccnn1CC)C1CCSC1. The van der Waals surface area contributed by atoms with Crippen molar-refractivity contribution in [2.45, 2.75) is 32.9 Å². The molecule has 90 valence electrons. The lowest BCUT2D eigenvalue weighted by Crippen LogP contribution is -2.30. The molecule has 1 aromatic rings. The zero-order chi connectivity index (χ0) is 11.4. The monoisotopic (exact) mass is 239 g/mol. The highest BCUT2D eigenvalue weighted by Crippen LogP contribution is 2.33. The number of hydrogen-bond donors (Lipinski definition) is 1. The highest BCUT2D eigenvalue weighted by atomic mass is 32.2. The predicted octanol–water partition coefficient (Wildman–Crippen LogP) is 2.31. The zero-order valence-corrected chi connectivity index (χ0v) is 11.0. The maximum atomic E-state index is 4.38. The Kier molecular flexibility index (Phi) is 4.29. The average Bonchev–Trinajstić information content (AvgIpc) is 2.96. The molecule has 2 atom stereocenters. The fraction of sp³-hybridized carbons (Fsp3) is 0.750. The Hall–Kier alpha value is -0.480. The number of nitrogens with zero attached hydrogens (tertiary/aromatic N) is 2. The van der Waals surface area contributed by atoms with E-state index in [1.54, 1.807) is 0 Å². The lowest BCUT2D eigenvalue weighted by atomic mass is 9.96. The van der Waals surface area contributed by atoms with Crippen molar-refractivity contribution in [2.75, 3.05) is 18.1 Å². The topological polar surface area (TPSA) is 29.9 Å². The van der Waals surface area contributed by atoms with E-state index in [-0.39, 0.29) is 0 Å². The van der Waals surface area contributed by atoms with Crippen LogP contribution in [0.25, 0.3) is 0 Å². The Morgan fingerprint density at radius 3 is 3.12 bits per heavy atom. The molecular formula is C12H21N3S. The van der Waals surface area contributed by atoms with E-state index in [9.17, 15) is 0 Å². The molecule has 0 aromatic carbocycles. The van der Waals surface area contributed by atoms with Gasteiger partial charge in [0.1, 0.15) is 0 Å². The van der Waals surface area contributed by atoms with E-state index in [0.717, 1.165) is 19.0 Å². The van der Waals surface area contributed by atoms with Crippen molar-refractivity contribution in [1.29, 1.82) is 0 Å². The molecule has 4 heteroatoms. The van der Waals surface area contributed by atoms with Gasteiger partial charge in [-0.2, -0.15) is 16.9 Å². The molecule has 16 heavy (non-hydrogen) atoms. The second kappa shape index (κ2) is 5.73. The molecule has 0 radical (unpaired) electrons. The van der Waals surface area contributed by atoms with E-state index in [0.29, 0.717) is 6.04 Å². The first-order valence-corrected chi connectivity index (χ1v) is 7.35. The number of nitrogens with one attached hydrogen (secondary N) is 1. The number of aromatic nitrogens is 2. The summed E-state index contributed by atoms with van der Waals surface area (Å²) in [7, 11) is 0. The number of rotatable bonds is 5. The number of hydrogen-bond acceptors (Lipinski definition) is 3. The summed E-state index contributed by atoms with van der Waals surface area (Å²) in [4.78, 5) is 0. The Morgan fingerprint density at radius 2 is 2.50 bits per heavy atom. The van der Waals surface area contributed by atoms with Gasteiger partial charge in [0, 0.05) is 12.7 Å². The summed E-state index contributed by atoms with van der Waals surface area (Å²) >= 11 is 2.08. The van der Waals surface area contributed by atoms with Gasteiger partial charge >= 0.3 is 0 Å². The first kappa shape index (κ1) is 12.0. The van der Waals surface area contributed by atoms with Crippen LogP contribution in [0, 0.1) is 5.92 Å². The van der Waals surface area contributed by atoms with Gasteiger partial charge in [-0.3, -0.25) is 4.68 Å². The van der Waals surface area contributed by atoms with Gasteiger partial charge < -0.3 is 5.32 Å². The second-order valence-corrected chi connectivity index (χ2v) is 5.38. The lowest BCUT2D eigenvalue weighted by Gasteiger charge is -2.24. The van der Waals surface area contributed by atoms with Crippen molar-refractivity contribution in [3.63, 3.8) is 0 Å². The van der Waals surface area contributed by atoms with E-state index in [1.165, 1.54) is 23.6 Å². The number of thioether (sulfide) groups is 1. The van der Waals surface area contributed by atoms with Gasteiger partial charge in [0.25, 0.3) is 0 Å². The third-order valence-corrected chi connectivity index (χ3v) is 4.42. The van der Waals surface area contributed by atoms with Crippen molar-refractivity contribution < 1.29 is 0 Å². The molecule has 1 N–H and O–H groups in total. The van der Waals surface area contributed by atoms with Crippen LogP contribution < -0.4 is 5.32 Å². The van der Waals surface area contributed by atoms with Crippen LogP contribution >= 0.6 is 11.8 Å². The molecule has 0 amide bonds. The van der Waals surface area contributed by atoms with Gasteiger partial charge in [-0.25, -0.2) is 0 Å². The summed E-state index contributed by atoms with van der Waals surface area (Å²) in [6.45, 7) is 6.33. The molecule has 0 saturated carbocycles. The molecule has 3 nitrogen and oxygen atoms in total. The van der Waals surface area contributed by atoms with Crippen molar-refractivity contribution >= 4 is 11.8 Å². The van der Waals surface area contributed by atoms with Gasteiger partial charge in [0.15, 0.2) is 0 Å². The van der Waals surface area contributed by atoms with E-state index in [1.807, 2.05) is 6.20 Å². The molecule has 1 aliphatic heterocycles. The summed E-state index contributed by atoms with van der Waals surface area (Å²) in [5.74, 6) is 3.37. The third-order valence-electron chi connectivity index (χ3n) is 3.23. The van der Waals surface area contributed by atoms with Crippen molar-refractivity contribution in [2.24, 2.45) is 5.92 Å². The van der Waals surface area contributed by atoms with Crippen LogP contribution in [0.1, 0.15) is 32.0 Å². The molecule has 0 spiro atoms. The first-order chi connectivity index (χ1) is 7.86. The minimum atomic E-state index is 0.488. The largest absolute Gasteiger partial charge is 0.309 e. The van der Waals surface area contributed by atoms with Crippen LogP contribution in [-0.4, -0.2) is 27.8 Å². The Morgan fingerprint density at radius 1 is 1.62 bits per heavy atom. The van der Waals surface area contributed by atoms with Crippen LogP contribution in [0.4, 0.5) is 0 Å². The molecule has 2 heterocycles. The normalized spacial score (nSPS) is 22.5.